The quantitative estimate of drug-likeness (QED) is 0.422. The summed E-state index contributed by atoms with van der Waals surface area (Å²) in [6.45, 7) is 2.62. The largest absolute Gasteiger partial charge is 0.464 e. The first kappa shape index (κ1) is 19.5. The third-order valence-corrected chi connectivity index (χ3v) is 5.10. The van der Waals surface area contributed by atoms with Crippen LogP contribution < -0.4 is 0 Å². The Bertz CT molecular complexity index is 614. The third-order valence-electron chi connectivity index (χ3n) is 4.36. The first-order chi connectivity index (χ1) is 12.1. The minimum absolute atomic E-state index is 0.0503. The van der Waals surface area contributed by atoms with Crippen LogP contribution in [0.5, 0.6) is 0 Å². The molecular weight excluding hydrogens is 338 g/mol. The zero-order chi connectivity index (χ0) is 18.2. The number of carbonyl (C=O) groups excluding carboxylic acids is 3. The Hall–Kier alpha value is -1.82. The molecule has 1 saturated heterocycles. The van der Waals surface area contributed by atoms with Crippen molar-refractivity contribution >= 4 is 29.4 Å². The predicted octanol–water partition coefficient (Wildman–Crippen LogP) is 3.32. The zero-order valence-electron chi connectivity index (χ0n) is 14.8. The molecule has 1 amide bonds. The molecule has 2 rings (SSSR count). The lowest BCUT2D eigenvalue weighted by atomic mass is 10.0. The summed E-state index contributed by atoms with van der Waals surface area (Å²) >= 11 is 1.62. The van der Waals surface area contributed by atoms with Gasteiger partial charge in [-0.2, -0.15) is 0 Å². The SMILES string of the molecule is CCOC(=O)C1CCCCN1C(=O)CCC(=O)c1ccc(SC)cc1. The molecule has 1 fully saturated rings. The summed E-state index contributed by atoms with van der Waals surface area (Å²) in [5.74, 6) is -0.535. The first-order valence-electron chi connectivity index (χ1n) is 8.70. The minimum Gasteiger partial charge on any atom is -0.464 e. The molecule has 25 heavy (non-hydrogen) atoms. The van der Waals surface area contributed by atoms with Crippen LogP contribution in [0.3, 0.4) is 0 Å². The fourth-order valence-corrected chi connectivity index (χ4v) is 3.41. The normalized spacial score (nSPS) is 17.2. The molecule has 6 heteroatoms. The Morgan fingerprint density at radius 2 is 1.88 bits per heavy atom. The molecule has 1 aromatic rings. The molecule has 0 saturated carbocycles. The Balaban J connectivity index is 1.92. The number of likely N-dealkylation sites (tertiary alicyclic amines) is 1. The number of amides is 1. The maximum atomic E-state index is 12.5. The maximum absolute atomic E-state index is 12.5. The fraction of sp³-hybridized carbons (Fsp3) is 0.526. The monoisotopic (exact) mass is 363 g/mol. The molecular formula is C19H25NO4S. The molecule has 1 aromatic carbocycles. The number of piperidine rings is 1. The van der Waals surface area contributed by atoms with Gasteiger partial charge >= 0.3 is 5.97 Å². The highest BCUT2D eigenvalue weighted by molar-refractivity contribution is 7.98. The van der Waals surface area contributed by atoms with Crippen LogP contribution in [-0.4, -0.2) is 48.0 Å². The second kappa shape index (κ2) is 9.61. The first-order valence-corrected chi connectivity index (χ1v) is 9.92. The number of ether oxygens (including phenoxy) is 1. The van der Waals surface area contributed by atoms with Crippen LogP contribution in [0, 0.1) is 0 Å². The third kappa shape index (κ3) is 5.33. The van der Waals surface area contributed by atoms with E-state index in [1.165, 1.54) is 0 Å². The van der Waals surface area contributed by atoms with Crippen molar-refractivity contribution in [3.63, 3.8) is 0 Å². The number of hydrogen-bond acceptors (Lipinski definition) is 5. The molecule has 0 aromatic heterocycles. The van der Waals surface area contributed by atoms with Gasteiger partial charge in [-0.05, 0) is 44.6 Å². The van der Waals surface area contributed by atoms with Crippen molar-refractivity contribution in [3.8, 4) is 0 Å². The molecule has 1 aliphatic heterocycles. The molecule has 0 radical (unpaired) electrons. The van der Waals surface area contributed by atoms with E-state index < -0.39 is 6.04 Å². The van der Waals surface area contributed by atoms with Crippen LogP contribution in [-0.2, 0) is 14.3 Å². The molecule has 1 atom stereocenters. The van der Waals surface area contributed by atoms with Gasteiger partial charge in [0.25, 0.3) is 0 Å². The summed E-state index contributed by atoms with van der Waals surface area (Å²) in [6, 6.07) is 6.89. The lowest BCUT2D eigenvalue weighted by Gasteiger charge is -2.34. The van der Waals surface area contributed by atoms with Crippen LogP contribution in [0.4, 0.5) is 0 Å². The van der Waals surface area contributed by atoms with E-state index >= 15 is 0 Å². The van der Waals surface area contributed by atoms with Gasteiger partial charge in [0.15, 0.2) is 5.78 Å². The standard InChI is InChI=1S/C19H25NO4S/c1-3-24-19(23)16-6-4-5-13-20(16)18(22)12-11-17(21)14-7-9-15(25-2)10-8-14/h7-10,16H,3-6,11-13H2,1-2H3. The number of hydrogen-bond donors (Lipinski definition) is 0. The highest BCUT2D eigenvalue weighted by Crippen LogP contribution is 2.21. The summed E-state index contributed by atoms with van der Waals surface area (Å²) in [6.07, 6.45) is 4.69. The van der Waals surface area contributed by atoms with Gasteiger partial charge in [-0.1, -0.05) is 12.1 Å². The van der Waals surface area contributed by atoms with Crippen molar-refractivity contribution in [1.82, 2.24) is 4.90 Å². The van der Waals surface area contributed by atoms with Crippen LogP contribution in [0.2, 0.25) is 0 Å². The maximum Gasteiger partial charge on any atom is 0.328 e. The Kier molecular flexibility index (Phi) is 7.50. The number of Topliss-reactive ketones (excluding diaryl/α,β-unsaturated/α-hetero) is 1. The van der Waals surface area contributed by atoms with E-state index in [2.05, 4.69) is 0 Å². The fourth-order valence-electron chi connectivity index (χ4n) is 3.00. The topological polar surface area (TPSA) is 63.7 Å². The summed E-state index contributed by atoms with van der Waals surface area (Å²) < 4.78 is 5.08. The van der Waals surface area contributed by atoms with Crippen molar-refractivity contribution in [3.05, 3.63) is 29.8 Å². The molecule has 5 nitrogen and oxygen atoms in total. The van der Waals surface area contributed by atoms with Crippen molar-refractivity contribution < 1.29 is 19.1 Å². The van der Waals surface area contributed by atoms with Crippen LogP contribution >= 0.6 is 11.8 Å². The summed E-state index contributed by atoms with van der Waals surface area (Å²) in [5.41, 5.74) is 0.617. The number of ketones is 1. The molecule has 0 N–H and O–H groups in total. The Labute approximate surface area is 153 Å². The van der Waals surface area contributed by atoms with E-state index in [1.807, 2.05) is 18.4 Å². The molecule has 1 heterocycles. The second-order valence-electron chi connectivity index (χ2n) is 6.00. The predicted molar refractivity (Wildman–Crippen MR) is 97.8 cm³/mol. The van der Waals surface area contributed by atoms with Gasteiger partial charge in [-0.15, -0.1) is 11.8 Å². The summed E-state index contributed by atoms with van der Waals surface area (Å²) in [5, 5.41) is 0. The van der Waals surface area contributed by atoms with Crippen molar-refractivity contribution in [2.24, 2.45) is 0 Å². The van der Waals surface area contributed by atoms with E-state index in [1.54, 1.807) is 35.7 Å². The van der Waals surface area contributed by atoms with Gasteiger partial charge in [0.1, 0.15) is 6.04 Å². The van der Waals surface area contributed by atoms with E-state index in [4.69, 9.17) is 4.74 Å². The van der Waals surface area contributed by atoms with Gasteiger partial charge in [-0.3, -0.25) is 9.59 Å². The van der Waals surface area contributed by atoms with Crippen molar-refractivity contribution in [2.75, 3.05) is 19.4 Å². The average Bonchev–Trinajstić information content (AvgIpc) is 2.66. The number of nitrogens with zero attached hydrogens (tertiary/aromatic N) is 1. The molecule has 1 aliphatic rings. The van der Waals surface area contributed by atoms with E-state index in [0.29, 0.717) is 25.1 Å². The molecule has 136 valence electrons. The Morgan fingerprint density at radius 1 is 1.16 bits per heavy atom. The summed E-state index contributed by atoms with van der Waals surface area (Å²) in [7, 11) is 0. The van der Waals surface area contributed by atoms with Gasteiger partial charge in [0.05, 0.1) is 6.61 Å². The van der Waals surface area contributed by atoms with Crippen LogP contribution in [0.1, 0.15) is 49.4 Å². The van der Waals surface area contributed by atoms with Crippen LogP contribution in [0.25, 0.3) is 0 Å². The lowest BCUT2D eigenvalue weighted by Crippen LogP contribution is -2.48. The molecule has 1 unspecified atom stereocenters. The van der Waals surface area contributed by atoms with Gasteiger partial charge in [0.2, 0.25) is 5.91 Å². The van der Waals surface area contributed by atoms with Gasteiger partial charge < -0.3 is 9.64 Å². The number of esters is 1. The number of carbonyl (C=O) groups is 3. The van der Waals surface area contributed by atoms with Gasteiger partial charge in [0, 0.05) is 29.8 Å². The number of rotatable bonds is 7. The lowest BCUT2D eigenvalue weighted by molar-refractivity contribution is -0.156. The van der Waals surface area contributed by atoms with Gasteiger partial charge in [-0.25, -0.2) is 4.79 Å². The molecule has 0 spiro atoms. The van der Waals surface area contributed by atoms with Crippen molar-refractivity contribution in [1.29, 1.82) is 0 Å². The molecule has 0 bridgehead atoms. The summed E-state index contributed by atoms with van der Waals surface area (Å²) in [4.78, 5) is 39.5. The molecule has 0 aliphatic carbocycles. The van der Waals surface area contributed by atoms with E-state index in [-0.39, 0.29) is 30.5 Å². The highest BCUT2D eigenvalue weighted by atomic mass is 32.2. The zero-order valence-corrected chi connectivity index (χ0v) is 15.6. The van der Waals surface area contributed by atoms with Crippen LogP contribution in [0.15, 0.2) is 29.2 Å². The smallest absolute Gasteiger partial charge is 0.328 e. The minimum atomic E-state index is -0.503. The Morgan fingerprint density at radius 3 is 2.52 bits per heavy atom. The van der Waals surface area contributed by atoms with Crippen molar-refractivity contribution in [2.45, 2.75) is 50.0 Å². The second-order valence-corrected chi connectivity index (χ2v) is 6.88. The highest BCUT2D eigenvalue weighted by Gasteiger charge is 2.32. The average molecular weight is 363 g/mol. The number of thioether (sulfide) groups is 1. The number of benzene rings is 1. The van der Waals surface area contributed by atoms with E-state index in [9.17, 15) is 14.4 Å². The van der Waals surface area contributed by atoms with E-state index in [0.717, 1.165) is 17.7 Å².